The first-order valence-corrected chi connectivity index (χ1v) is 5.50. The Morgan fingerprint density at radius 1 is 1.35 bits per heavy atom. The molecule has 0 fully saturated rings. The van der Waals surface area contributed by atoms with Gasteiger partial charge in [0.25, 0.3) is 0 Å². The zero-order valence-corrected chi connectivity index (χ0v) is 10.9. The van der Waals surface area contributed by atoms with Gasteiger partial charge in [0, 0.05) is 26.7 Å². The molecule has 0 radical (unpaired) electrons. The summed E-state index contributed by atoms with van der Waals surface area (Å²) >= 11 is 6.04. The Hall–Kier alpha value is -1.55. The number of para-hydroxylation sites is 1. The molecule has 1 rings (SSSR count). The summed E-state index contributed by atoms with van der Waals surface area (Å²) in [6, 6.07) is 5.07. The van der Waals surface area contributed by atoms with Crippen LogP contribution in [0.2, 0.25) is 5.02 Å². The van der Waals surface area contributed by atoms with Gasteiger partial charge in [0.05, 0.1) is 17.3 Å². The van der Waals surface area contributed by atoms with Crippen molar-refractivity contribution in [1.82, 2.24) is 4.90 Å². The number of aldehydes is 1. The fraction of sp³-hybridized carbons (Fsp3) is 0.333. The largest absolute Gasteiger partial charge is 0.363 e. The minimum atomic E-state index is -0.0516. The van der Waals surface area contributed by atoms with Gasteiger partial charge >= 0.3 is 0 Å². The average Bonchev–Trinajstić information content (AvgIpc) is 2.27. The van der Waals surface area contributed by atoms with Gasteiger partial charge in [-0.2, -0.15) is 0 Å². The lowest BCUT2D eigenvalue weighted by molar-refractivity contribution is -0.127. The molecule has 0 unspecified atom stereocenters. The third kappa shape index (κ3) is 3.20. The normalized spacial score (nSPS) is 9.88. The monoisotopic (exact) mass is 254 g/mol. The second kappa shape index (κ2) is 5.68. The van der Waals surface area contributed by atoms with Gasteiger partial charge in [0.1, 0.15) is 0 Å². The third-order valence-electron chi connectivity index (χ3n) is 2.40. The van der Waals surface area contributed by atoms with Crippen molar-refractivity contribution in [3.8, 4) is 0 Å². The number of carbonyl (C=O) groups excluding carboxylic acids is 2. The van der Waals surface area contributed by atoms with Crippen molar-refractivity contribution >= 4 is 29.5 Å². The van der Waals surface area contributed by atoms with E-state index in [2.05, 4.69) is 0 Å². The molecule has 0 heterocycles. The van der Waals surface area contributed by atoms with Gasteiger partial charge in [-0.25, -0.2) is 0 Å². The SMILES string of the molecule is CN(C)C(=O)CN(C)c1c(Cl)cccc1C=O. The third-order valence-corrected chi connectivity index (χ3v) is 2.70. The number of carbonyl (C=O) groups is 2. The second-order valence-electron chi connectivity index (χ2n) is 3.94. The first-order valence-electron chi connectivity index (χ1n) is 5.12. The lowest BCUT2D eigenvalue weighted by Gasteiger charge is -2.23. The maximum absolute atomic E-state index is 11.6. The Bertz CT molecular complexity index is 433. The van der Waals surface area contributed by atoms with Crippen LogP contribution in [0.5, 0.6) is 0 Å². The highest BCUT2D eigenvalue weighted by Gasteiger charge is 2.15. The topological polar surface area (TPSA) is 40.6 Å². The minimum Gasteiger partial charge on any atom is -0.363 e. The lowest BCUT2D eigenvalue weighted by Crippen LogP contribution is -2.34. The minimum absolute atomic E-state index is 0.0516. The molecule has 1 aromatic carbocycles. The molecule has 0 aliphatic carbocycles. The highest BCUT2D eigenvalue weighted by Crippen LogP contribution is 2.27. The Labute approximate surface area is 106 Å². The fourth-order valence-electron chi connectivity index (χ4n) is 1.45. The van der Waals surface area contributed by atoms with Crippen molar-refractivity contribution in [1.29, 1.82) is 0 Å². The summed E-state index contributed by atoms with van der Waals surface area (Å²) in [5.41, 5.74) is 1.06. The number of anilines is 1. The van der Waals surface area contributed by atoms with E-state index in [4.69, 9.17) is 11.6 Å². The summed E-state index contributed by atoms with van der Waals surface area (Å²) in [5, 5.41) is 0.462. The molecule has 0 aromatic heterocycles. The van der Waals surface area contributed by atoms with Crippen molar-refractivity contribution in [3.63, 3.8) is 0 Å². The van der Waals surface area contributed by atoms with Crippen molar-refractivity contribution in [3.05, 3.63) is 28.8 Å². The highest BCUT2D eigenvalue weighted by molar-refractivity contribution is 6.34. The molecular weight excluding hydrogens is 240 g/mol. The van der Waals surface area contributed by atoms with Crippen LogP contribution in [0.25, 0.3) is 0 Å². The molecule has 0 atom stereocenters. The van der Waals surface area contributed by atoms with Crippen LogP contribution in [0.3, 0.4) is 0 Å². The van der Waals surface area contributed by atoms with Crippen LogP contribution in [0, 0.1) is 0 Å². The number of rotatable bonds is 4. The van der Waals surface area contributed by atoms with Crippen molar-refractivity contribution in [2.75, 3.05) is 32.6 Å². The van der Waals surface area contributed by atoms with Gasteiger partial charge in [-0.05, 0) is 12.1 Å². The Balaban J connectivity index is 2.99. The van der Waals surface area contributed by atoms with Crippen LogP contribution in [-0.2, 0) is 4.79 Å². The van der Waals surface area contributed by atoms with E-state index in [9.17, 15) is 9.59 Å². The van der Waals surface area contributed by atoms with E-state index in [0.717, 1.165) is 6.29 Å². The Morgan fingerprint density at radius 2 is 2.00 bits per heavy atom. The van der Waals surface area contributed by atoms with E-state index in [-0.39, 0.29) is 12.5 Å². The van der Waals surface area contributed by atoms with Gasteiger partial charge in [-0.1, -0.05) is 17.7 Å². The van der Waals surface area contributed by atoms with Gasteiger partial charge in [0.15, 0.2) is 6.29 Å². The summed E-state index contributed by atoms with van der Waals surface area (Å²) in [4.78, 5) is 25.7. The quantitative estimate of drug-likeness (QED) is 0.768. The Kier molecular flexibility index (Phi) is 4.52. The van der Waals surface area contributed by atoms with Gasteiger partial charge < -0.3 is 9.80 Å². The van der Waals surface area contributed by atoms with E-state index in [1.807, 2.05) is 0 Å². The van der Waals surface area contributed by atoms with E-state index in [1.165, 1.54) is 4.90 Å². The number of nitrogens with zero attached hydrogens (tertiary/aromatic N) is 2. The van der Waals surface area contributed by atoms with Crippen LogP contribution in [0.15, 0.2) is 18.2 Å². The zero-order valence-electron chi connectivity index (χ0n) is 10.1. The van der Waals surface area contributed by atoms with Crippen LogP contribution >= 0.6 is 11.6 Å². The molecule has 4 nitrogen and oxygen atoms in total. The summed E-state index contributed by atoms with van der Waals surface area (Å²) in [6.45, 7) is 0.178. The van der Waals surface area contributed by atoms with Crippen LogP contribution in [-0.4, -0.2) is 44.8 Å². The van der Waals surface area contributed by atoms with Crippen molar-refractivity contribution in [2.24, 2.45) is 0 Å². The van der Waals surface area contributed by atoms with Crippen LogP contribution < -0.4 is 4.90 Å². The number of amides is 1. The predicted molar refractivity (Wildman–Crippen MR) is 68.8 cm³/mol. The zero-order chi connectivity index (χ0) is 13.0. The first-order chi connectivity index (χ1) is 7.97. The van der Waals surface area contributed by atoms with E-state index < -0.39 is 0 Å². The second-order valence-corrected chi connectivity index (χ2v) is 4.35. The summed E-state index contributed by atoms with van der Waals surface area (Å²) in [7, 11) is 5.10. The number of hydrogen-bond acceptors (Lipinski definition) is 3. The lowest BCUT2D eigenvalue weighted by atomic mass is 10.2. The van der Waals surface area contributed by atoms with Gasteiger partial charge in [-0.15, -0.1) is 0 Å². The molecule has 0 bridgehead atoms. The molecule has 92 valence electrons. The summed E-state index contributed by atoms with van der Waals surface area (Å²) in [6.07, 6.45) is 0.734. The molecule has 1 amide bonds. The van der Waals surface area contributed by atoms with E-state index in [1.54, 1.807) is 44.2 Å². The molecule has 0 spiro atoms. The molecular formula is C12H15ClN2O2. The summed E-state index contributed by atoms with van der Waals surface area (Å²) in [5.74, 6) is -0.0516. The van der Waals surface area contributed by atoms with Crippen LogP contribution in [0.1, 0.15) is 10.4 Å². The number of halogens is 1. The number of hydrogen-bond donors (Lipinski definition) is 0. The smallest absolute Gasteiger partial charge is 0.241 e. The molecule has 0 saturated carbocycles. The van der Waals surface area contributed by atoms with Gasteiger partial charge in [-0.3, -0.25) is 9.59 Å². The molecule has 0 saturated heterocycles. The molecule has 17 heavy (non-hydrogen) atoms. The molecule has 0 aliphatic heterocycles. The standard InChI is InChI=1S/C12H15ClN2O2/c1-14(2)11(17)7-15(3)12-9(8-16)5-4-6-10(12)13/h4-6,8H,7H2,1-3H3. The maximum Gasteiger partial charge on any atom is 0.241 e. The average molecular weight is 255 g/mol. The van der Waals surface area contributed by atoms with Crippen molar-refractivity contribution < 1.29 is 9.59 Å². The van der Waals surface area contributed by atoms with E-state index >= 15 is 0 Å². The Morgan fingerprint density at radius 3 is 2.53 bits per heavy atom. The predicted octanol–water partition coefficient (Wildman–Crippen LogP) is 1.68. The molecule has 0 aliphatic rings. The molecule has 0 N–H and O–H groups in total. The highest BCUT2D eigenvalue weighted by atomic mass is 35.5. The molecule has 1 aromatic rings. The molecule has 5 heteroatoms. The first kappa shape index (κ1) is 13.5. The number of likely N-dealkylation sites (N-methyl/N-ethyl adjacent to an activating group) is 2. The fourth-order valence-corrected chi connectivity index (χ4v) is 1.78. The van der Waals surface area contributed by atoms with Crippen molar-refractivity contribution in [2.45, 2.75) is 0 Å². The van der Waals surface area contributed by atoms with Gasteiger partial charge in [0.2, 0.25) is 5.91 Å². The summed E-state index contributed by atoms with van der Waals surface area (Å²) < 4.78 is 0. The van der Waals surface area contributed by atoms with Crippen LogP contribution in [0.4, 0.5) is 5.69 Å². The number of benzene rings is 1. The van der Waals surface area contributed by atoms with E-state index in [0.29, 0.717) is 16.3 Å². The maximum atomic E-state index is 11.6.